The van der Waals surface area contributed by atoms with E-state index in [1.54, 1.807) is 0 Å². The van der Waals surface area contributed by atoms with Crippen LogP contribution in [0.1, 0.15) is 59.2 Å². The quantitative estimate of drug-likeness (QED) is 0.527. The lowest BCUT2D eigenvalue weighted by atomic mass is 9.85. The highest BCUT2D eigenvalue weighted by atomic mass is 19.3. The molecule has 5 nitrogen and oxygen atoms in total. The van der Waals surface area contributed by atoms with Gasteiger partial charge in [0.2, 0.25) is 0 Å². The van der Waals surface area contributed by atoms with Gasteiger partial charge in [-0.05, 0) is 43.6 Å². The van der Waals surface area contributed by atoms with Gasteiger partial charge in [-0.3, -0.25) is 14.6 Å². The first-order chi connectivity index (χ1) is 14.3. The van der Waals surface area contributed by atoms with Crippen LogP contribution in [0.25, 0.3) is 0 Å². The molecule has 1 aromatic heterocycles. The first-order valence-corrected chi connectivity index (χ1v) is 10.4. The van der Waals surface area contributed by atoms with Crippen LogP contribution in [0, 0.1) is 11.8 Å². The summed E-state index contributed by atoms with van der Waals surface area (Å²) in [6, 6.07) is 1.27. The number of amides is 2. The molecule has 0 saturated heterocycles. The van der Waals surface area contributed by atoms with Gasteiger partial charge in [0.25, 0.3) is 24.7 Å². The Kier molecular flexibility index (Phi) is 7.66. The van der Waals surface area contributed by atoms with Crippen LogP contribution in [0.15, 0.2) is 18.5 Å². The molecule has 0 aromatic carbocycles. The molecule has 2 aliphatic carbocycles. The van der Waals surface area contributed by atoms with Crippen molar-refractivity contribution in [3.8, 4) is 0 Å². The summed E-state index contributed by atoms with van der Waals surface area (Å²) in [7, 11) is 0. The number of rotatable bonds is 10. The summed E-state index contributed by atoms with van der Waals surface area (Å²) >= 11 is 0. The predicted molar refractivity (Wildman–Crippen MR) is 103 cm³/mol. The Morgan fingerprint density at radius 3 is 1.53 bits per heavy atom. The highest BCUT2D eigenvalue weighted by Crippen LogP contribution is 2.29. The number of carbonyl (C=O) groups is 2. The molecule has 30 heavy (non-hydrogen) atoms. The summed E-state index contributed by atoms with van der Waals surface area (Å²) in [5, 5.41) is 0. The Balaban J connectivity index is 1.74. The lowest BCUT2D eigenvalue weighted by Crippen LogP contribution is -2.41. The second-order valence-corrected chi connectivity index (χ2v) is 8.26. The number of aromatic nitrogens is 1. The fraction of sp³-hybridized carbons (Fsp3) is 0.667. The fourth-order valence-electron chi connectivity index (χ4n) is 3.83. The number of hydrogen-bond acceptors (Lipinski definition) is 3. The maximum absolute atomic E-state index is 13.0. The summed E-state index contributed by atoms with van der Waals surface area (Å²) in [5.74, 6) is -0.837. The van der Waals surface area contributed by atoms with Gasteiger partial charge in [-0.1, -0.05) is 12.8 Å². The van der Waals surface area contributed by atoms with E-state index < -0.39 is 37.8 Å². The molecule has 0 atom stereocenters. The van der Waals surface area contributed by atoms with Crippen molar-refractivity contribution in [2.45, 2.75) is 51.4 Å². The molecular weight excluding hydrogens is 402 g/mol. The third-order valence-corrected chi connectivity index (χ3v) is 5.93. The molecule has 0 radical (unpaired) electrons. The van der Waals surface area contributed by atoms with Crippen LogP contribution < -0.4 is 0 Å². The van der Waals surface area contributed by atoms with E-state index in [0.29, 0.717) is 0 Å². The van der Waals surface area contributed by atoms with Gasteiger partial charge in [0.05, 0.1) is 24.2 Å². The van der Waals surface area contributed by atoms with Crippen LogP contribution >= 0.6 is 0 Å². The SMILES string of the molecule is O=C(c1cncc(C(=O)N(CC(F)F)CC2CCC2)c1)N(CC(F)F)CC1CCC1. The zero-order valence-electron chi connectivity index (χ0n) is 16.8. The number of halogens is 4. The van der Waals surface area contributed by atoms with E-state index >= 15 is 0 Å². The van der Waals surface area contributed by atoms with E-state index in [-0.39, 0.29) is 36.1 Å². The molecular formula is C21H27F4N3O2. The van der Waals surface area contributed by atoms with E-state index in [2.05, 4.69) is 4.98 Å². The topological polar surface area (TPSA) is 53.5 Å². The third kappa shape index (κ3) is 5.92. The predicted octanol–water partition coefficient (Wildman–Crippen LogP) is 4.10. The molecule has 2 aliphatic rings. The molecule has 2 amide bonds. The second-order valence-electron chi connectivity index (χ2n) is 8.26. The summed E-state index contributed by atoms with van der Waals surface area (Å²) in [6.07, 6.45) is 2.74. The van der Waals surface area contributed by atoms with Gasteiger partial charge in [0, 0.05) is 25.5 Å². The van der Waals surface area contributed by atoms with E-state index in [1.807, 2.05) is 0 Å². The Hall–Kier alpha value is -2.19. The standard InChI is InChI=1S/C21H27F4N3O2/c22-18(23)12-27(10-14-3-1-4-14)20(29)16-7-17(9-26-8-16)21(30)28(13-19(24)25)11-15-5-2-6-15/h7-9,14-15,18-19H,1-6,10-13H2. The average Bonchev–Trinajstić information content (AvgIpc) is 2.63. The molecule has 1 heterocycles. The minimum absolute atomic E-state index is 0.0152. The zero-order chi connectivity index (χ0) is 21.7. The van der Waals surface area contributed by atoms with Crippen molar-refractivity contribution in [3.05, 3.63) is 29.6 Å². The minimum Gasteiger partial charge on any atom is -0.333 e. The lowest BCUT2D eigenvalue weighted by Gasteiger charge is -2.33. The maximum atomic E-state index is 13.0. The number of pyridine rings is 1. The van der Waals surface area contributed by atoms with E-state index in [9.17, 15) is 27.2 Å². The molecule has 3 rings (SSSR count). The van der Waals surface area contributed by atoms with Crippen LogP contribution in [0.5, 0.6) is 0 Å². The monoisotopic (exact) mass is 429 g/mol. The summed E-state index contributed by atoms with van der Waals surface area (Å²) in [5.41, 5.74) is 0.0305. The Morgan fingerprint density at radius 2 is 1.23 bits per heavy atom. The van der Waals surface area contributed by atoms with E-state index in [1.165, 1.54) is 18.5 Å². The number of nitrogens with zero attached hydrogens (tertiary/aromatic N) is 3. The zero-order valence-corrected chi connectivity index (χ0v) is 16.8. The highest BCUT2D eigenvalue weighted by Gasteiger charge is 2.29. The van der Waals surface area contributed by atoms with Crippen LogP contribution in [-0.2, 0) is 0 Å². The number of hydrogen-bond donors (Lipinski definition) is 0. The molecule has 9 heteroatoms. The third-order valence-electron chi connectivity index (χ3n) is 5.93. The first-order valence-electron chi connectivity index (χ1n) is 10.4. The van der Waals surface area contributed by atoms with Crippen LogP contribution in [0.2, 0.25) is 0 Å². The maximum Gasteiger partial charge on any atom is 0.255 e. The van der Waals surface area contributed by atoms with Gasteiger partial charge in [-0.15, -0.1) is 0 Å². The molecule has 0 N–H and O–H groups in total. The van der Waals surface area contributed by atoms with Crippen LogP contribution in [0.3, 0.4) is 0 Å². The second kappa shape index (κ2) is 10.2. The van der Waals surface area contributed by atoms with Crippen molar-refractivity contribution in [1.82, 2.24) is 14.8 Å². The van der Waals surface area contributed by atoms with Crippen molar-refractivity contribution >= 4 is 11.8 Å². The molecule has 1 aromatic rings. The molecule has 0 bridgehead atoms. The lowest BCUT2D eigenvalue weighted by molar-refractivity contribution is 0.0462. The molecule has 0 unspecified atom stereocenters. The smallest absolute Gasteiger partial charge is 0.255 e. The number of alkyl halides is 4. The van der Waals surface area contributed by atoms with Crippen molar-refractivity contribution in [2.75, 3.05) is 26.2 Å². The minimum atomic E-state index is -2.67. The molecule has 166 valence electrons. The van der Waals surface area contributed by atoms with Gasteiger partial charge in [0.15, 0.2) is 0 Å². The van der Waals surface area contributed by atoms with Gasteiger partial charge in [-0.2, -0.15) is 0 Å². The van der Waals surface area contributed by atoms with Crippen molar-refractivity contribution < 1.29 is 27.2 Å². The normalized spacial score (nSPS) is 17.0. The van der Waals surface area contributed by atoms with Crippen LogP contribution in [0.4, 0.5) is 17.6 Å². The highest BCUT2D eigenvalue weighted by molar-refractivity contribution is 5.99. The van der Waals surface area contributed by atoms with Gasteiger partial charge >= 0.3 is 0 Å². The van der Waals surface area contributed by atoms with E-state index in [4.69, 9.17) is 0 Å². The average molecular weight is 429 g/mol. The summed E-state index contributed by atoms with van der Waals surface area (Å²) < 4.78 is 51.9. The summed E-state index contributed by atoms with van der Waals surface area (Å²) in [6.45, 7) is -0.902. The van der Waals surface area contributed by atoms with Crippen molar-refractivity contribution in [2.24, 2.45) is 11.8 Å². The van der Waals surface area contributed by atoms with Crippen LogP contribution in [-0.4, -0.2) is 65.6 Å². The van der Waals surface area contributed by atoms with Crippen molar-refractivity contribution in [3.63, 3.8) is 0 Å². The molecule has 2 fully saturated rings. The molecule has 0 aliphatic heterocycles. The fourth-order valence-corrected chi connectivity index (χ4v) is 3.83. The summed E-state index contributed by atoms with van der Waals surface area (Å²) in [4.78, 5) is 31.7. The van der Waals surface area contributed by atoms with Gasteiger partial charge in [-0.25, -0.2) is 17.6 Å². The number of carbonyl (C=O) groups excluding carboxylic acids is 2. The Bertz CT molecular complexity index is 681. The first kappa shape index (κ1) is 22.5. The largest absolute Gasteiger partial charge is 0.333 e. The van der Waals surface area contributed by atoms with E-state index in [0.717, 1.165) is 48.3 Å². The molecule has 0 spiro atoms. The molecule has 2 saturated carbocycles. The van der Waals surface area contributed by atoms with Gasteiger partial charge < -0.3 is 9.80 Å². The van der Waals surface area contributed by atoms with Gasteiger partial charge in [0.1, 0.15) is 0 Å². The van der Waals surface area contributed by atoms with Crippen molar-refractivity contribution in [1.29, 1.82) is 0 Å². The Labute approximate surface area is 173 Å². The Morgan fingerprint density at radius 1 is 0.833 bits per heavy atom.